The van der Waals surface area contributed by atoms with Gasteiger partial charge in [-0.05, 0) is 29.9 Å². The minimum atomic E-state index is 0.456. The van der Waals surface area contributed by atoms with Crippen molar-refractivity contribution in [3.8, 4) is 0 Å². The van der Waals surface area contributed by atoms with Crippen LogP contribution in [0, 0.1) is 5.41 Å². The molecular weight excluding hydrogens is 170 g/mol. The molecule has 0 aromatic carbocycles. The Morgan fingerprint density at radius 3 is 2.64 bits per heavy atom. The van der Waals surface area contributed by atoms with Gasteiger partial charge >= 0.3 is 0 Å². The summed E-state index contributed by atoms with van der Waals surface area (Å²) in [5.74, 6) is 0. The Morgan fingerprint density at radius 2 is 2.14 bits per heavy atom. The number of rotatable bonds is 5. The van der Waals surface area contributed by atoms with Gasteiger partial charge < -0.3 is 0 Å². The minimum absolute atomic E-state index is 0.456. The maximum atomic E-state index is 4.16. The molecule has 0 aliphatic carbocycles. The van der Waals surface area contributed by atoms with Crippen LogP contribution in [-0.4, -0.2) is 4.98 Å². The van der Waals surface area contributed by atoms with E-state index >= 15 is 0 Å². The Kier molecular flexibility index (Phi) is 4.12. The first-order chi connectivity index (χ1) is 6.70. The SMILES string of the molecule is CCCC(C)(CC)Cc1cccnc1. The monoisotopic (exact) mass is 191 g/mol. The zero-order valence-corrected chi connectivity index (χ0v) is 9.59. The van der Waals surface area contributed by atoms with E-state index in [-0.39, 0.29) is 0 Å². The van der Waals surface area contributed by atoms with Crippen LogP contribution in [0.25, 0.3) is 0 Å². The zero-order valence-electron chi connectivity index (χ0n) is 9.59. The lowest BCUT2D eigenvalue weighted by atomic mass is 9.78. The van der Waals surface area contributed by atoms with Gasteiger partial charge in [-0.25, -0.2) is 0 Å². The van der Waals surface area contributed by atoms with Gasteiger partial charge in [0.15, 0.2) is 0 Å². The van der Waals surface area contributed by atoms with Gasteiger partial charge in [0.1, 0.15) is 0 Å². The van der Waals surface area contributed by atoms with Crippen LogP contribution in [0.4, 0.5) is 0 Å². The summed E-state index contributed by atoms with van der Waals surface area (Å²) in [6.45, 7) is 6.92. The number of aromatic nitrogens is 1. The summed E-state index contributed by atoms with van der Waals surface area (Å²) in [7, 11) is 0. The Labute approximate surface area is 87.6 Å². The Hall–Kier alpha value is -0.850. The van der Waals surface area contributed by atoms with Gasteiger partial charge in [-0.2, -0.15) is 0 Å². The van der Waals surface area contributed by atoms with Crippen LogP contribution in [0.5, 0.6) is 0 Å². The Morgan fingerprint density at radius 1 is 1.36 bits per heavy atom. The van der Waals surface area contributed by atoms with E-state index in [4.69, 9.17) is 0 Å². The number of nitrogens with zero attached hydrogens (tertiary/aromatic N) is 1. The largest absolute Gasteiger partial charge is 0.264 e. The van der Waals surface area contributed by atoms with Gasteiger partial charge in [0.2, 0.25) is 0 Å². The molecule has 0 spiro atoms. The van der Waals surface area contributed by atoms with Gasteiger partial charge in [-0.3, -0.25) is 4.98 Å². The van der Waals surface area contributed by atoms with Crippen molar-refractivity contribution in [2.75, 3.05) is 0 Å². The predicted molar refractivity (Wildman–Crippen MR) is 61.2 cm³/mol. The lowest BCUT2D eigenvalue weighted by molar-refractivity contribution is 0.279. The summed E-state index contributed by atoms with van der Waals surface area (Å²) in [5, 5.41) is 0. The molecule has 1 aromatic heterocycles. The molecule has 78 valence electrons. The van der Waals surface area contributed by atoms with Crippen LogP contribution < -0.4 is 0 Å². The molecule has 0 bridgehead atoms. The topological polar surface area (TPSA) is 12.9 Å². The van der Waals surface area contributed by atoms with E-state index in [1.165, 1.54) is 24.8 Å². The van der Waals surface area contributed by atoms with E-state index in [0.717, 1.165) is 6.42 Å². The molecule has 0 N–H and O–H groups in total. The fourth-order valence-electron chi connectivity index (χ4n) is 1.99. The highest BCUT2D eigenvalue weighted by atomic mass is 14.6. The highest BCUT2D eigenvalue weighted by Gasteiger charge is 2.21. The predicted octanol–water partition coefficient (Wildman–Crippen LogP) is 3.84. The molecule has 14 heavy (non-hydrogen) atoms. The first-order valence-electron chi connectivity index (χ1n) is 5.59. The van der Waals surface area contributed by atoms with Crippen molar-refractivity contribution >= 4 is 0 Å². The second-order valence-electron chi connectivity index (χ2n) is 4.45. The molecule has 0 amide bonds. The lowest BCUT2D eigenvalue weighted by Crippen LogP contribution is -2.18. The molecule has 1 atom stereocenters. The van der Waals surface area contributed by atoms with E-state index in [0.29, 0.717) is 5.41 Å². The maximum Gasteiger partial charge on any atom is 0.0300 e. The van der Waals surface area contributed by atoms with E-state index in [2.05, 4.69) is 31.8 Å². The molecule has 1 aromatic rings. The second kappa shape index (κ2) is 5.14. The number of hydrogen-bond acceptors (Lipinski definition) is 1. The van der Waals surface area contributed by atoms with E-state index in [9.17, 15) is 0 Å². The Bertz CT molecular complexity index is 255. The summed E-state index contributed by atoms with van der Waals surface area (Å²) in [4.78, 5) is 4.16. The summed E-state index contributed by atoms with van der Waals surface area (Å²) in [6, 6.07) is 4.20. The normalized spacial score (nSPS) is 15.1. The van der Waals surface area contributed by atoms with Crippen molar-refractivity contribution in [2.24, 2.45) is 5.41 Å². The molecule has 0 radical (unpaired) electrons. The smallest absolute Gasteiger partial charge is 0.0300 e. The van der Waals surface area contributed by atoms with Crippen molar-refractivity contribution < 1.29 is 0 Å². The highest BCUT2D eigenvalue weighted by Crippen LogP contribution is 2.31. The van der Waals surface area contributed by atoms with Crippen molar-refractivity contribution in [1.82, 2.24) is 4.98 Å². The first kappa shape index (κ1) is 11.2. The fraction of sp³-hybridized carbons (Fsp3) is 0.615. The number of hydrogen-bond donors (Lipinski definition) is 0. The molecular formula is C13H21N. The van der Waals surface area contributed by atoms with Crippen molar-refractivity contribution in [3.63, 3.8) is 0 Å². The average molecular weight is 191 g/mol. The molecule has 1 heterocycles. The van der Waals surface area contributed by atoms with Crippen LogP contribution in [0.15, 0.2) is 24.5 Å². The number of pyridine rings is 1. The van der Waals surface area contributed by atoms with Crippen LogP contribution in [0.2, 0.25) is 0 Å². The summed E-state index contributed by atoms with van der Waals surface area (Å²) < 4.78 is 0. The standard InChI is InChI=1S/C13H21N/c1-4-8-13(3,5-2)10-12-7-6-9-14-11-12/h6-7,9,11H,4-5,8,10H2,1-3H3. The van der Waals surface area contributed by atoms with E-state index < -0.39 is 0 Å². The van der Waals surface area contributed by atoms with Crippen molar-refractivity contribution in [2.45, 2.75) is 46.5 Å². The molecule has 1 rings (SSSR count). The van der Waals surface area contributed by atoms with E-state index in [1.807, 2.05) is 18.5 Å². The molecule has 0 aliphatic heterocycles. The molecule has 1 heteroatoms. The summed E-state index contributed by atoms with van der Waals surface area (Å²) in [6.07, 6.45) is 8.81. The molecule has 0 aliphatic rings. The van der Waals surface area contributed by atoms with Crippen molar-refractivity contribution in [3.05, 3.63) is 30.1 Å². The third-order valence-corrected chi connectivity index (χ3v) is 3.06. The quantitative estimate of drug-likeness (QED) is 0.689. The summed E-state index contributed by atoms with van der Waals surface area (Å²) in [5.41, 5.74) is 1.82. The van der Waals surface area contributed by atoms with Crippen LogP contribution in [-0.2, 0) is 6.42 Å². The first-order valence-corrected chi connectivity index (χ1v) is 5.59. The molecule has 0 fully saturated rings. The second-order valence-corrected chi connectivity index (χ2v) is 4.45. The third kappa shape index (κ3) is 3.13. The minimum Gasteiger partial charge on any atom is -0.264 e. The summed E-state index contributed by atoms with van der Waals surface area (Å²) >= 11 is 0. The van der Waals surface area contributed by atoms with Crippen LogP contribution in [0.3, 0.4) is 0 Å². The third-order valence-electron chi connectivity index (χ3n) is 3.06. The van der Waals surface area contributed by atoms with Crippen LogP contribution >= 0.6 is 0 Å². The highest BCUT2D eigenvalue weighted by molar-refractivity contribution is 5.10. The van der Waals surface area contributed by atoms with Gasteiger partial charge in [0, 0.05) is 12.4 Å². The van der Waals surface area contributed by atoms with E-state index in [1.54, 1.807) is 0 Å². The molecule has 1 unspecified atom stereocenters. The lowest BCUT2D eigenvalue weighted by Gasteiger charge is -2.27. The molecule has 0 saturated carbocycles. The fourth-order valence-corrected chi connectivity index (χ4v) is 1.99. The Balaban J connectivity index is 2.65. The zero-order chi connectivity index (χ0) is 10.4. The van der Waals surface area contributed by atoms with Gasteiger partial charge in [0.25, 0.3) is 0 Å². The van der Waals surface area contributed by atoms with Gasteiger partial charge in [0.05, 0.1) is 0 Å². The van der Waals surface area contributed by atoms with Crippen LogP contribution in [0.1, 0.15) is 45.6 Å². The average Bonchev–Trinajstić information content (AvgIpc) is 2.20. The molecule has 1 nitrogen and oxygen atoms in total. The van der Waals surface area contributed by atoms with Crippen molar-refractivity contribution in [1.29, 1.82) is 0 Å². The van der Waals surface area contributed by atoms with Gasteiger partial charge in [-0.15, -0.1) is 0 Å². The maximum absolute atomic E-state index is 4.16. The molecule has 0 saturated heterocycles. The van der Waals surface area contributed by atoms with Gasteiger partial charge in [-0.1, -0.05) is 39.7 Å².